The largest absolute Gasteiger partial charge is 0.497 e. The van der Waals surface area contributed by atoms with E-state index in [1.165, 1.54) is 0 Å². The maximum Gasteiger partial charge on any atom is 0.313 e. The fourth-order valence-corrected chi connectivity index (χ4v) is 4.02. The third kappa shape index (κ3) is 5.49. The molecule has 0 radical (unpaired) electrons. The van der Waals surface area contributed by atoms with Gasteiger partial charge in [-0.25, -0.2) is 0 Å². The number of aromatic nitrogens is 1. The average molecular weight is 448 g/mol. The molecule has 3 aromatic rings. The standard InChI is InChI=1S/C26H29N3O4/c1-19(20-5-6-22-17-24(32-2)8-7-21(22)16-20)26(31)33-15-14-28-10-12-29(13-11-28)25(30)23-4-3-9-27-18-23/h3-9,16-19H,10-15H2,1-2H3. The minimum absolute atomic E-state index is 0.0110. The van der Waals surface area contributed by atoms with Gasteiger partial charge in [-0.2, -0.15) is 0 Å². The smallest absolute Gasteiger partial charge is 0.313 e. The Labute approximate surface area is 193 Å². The number of methoxy groups -OCH3 is 1. The summed E-state index contributed by atoms with van der Waals surface area (Å²) in [6, 6.07) is 15.4. The molecule has 7 nitrogen and oxygen atoms in total. The molecular weight excluding hydrogens is 418 g/mol. The van der Waals surface area contributed by atoms with Crippen LogP contribution < -0.4 is 4.74 Å². The van der Waals surface area contributed by atoms with Crippen LogP contribution in [0.4, 0.5) is 0 Å². The predicted octanol–water partition coefficient (Wildman–Crippen LogP) is 3.35. The first kappa shape index (κ1) is 22.7. The van der Waals surface area contributed by atoms with Crippen molar-refractivity contribution in [2.45, 2.75) is 12.8 Å². The summed E-state index contributed by atoms with van der Waals surface area (Å²) in [5, 5.41) is 2.13. The van der Waals surface area contributed by atoms with Crippen LogP contribution in [0.5, 0.6) is 5.75 Å². The number of hydrogen-bond acceptors (Lipinski definition) is 6. The van der Waals surface area contributed by atoms with Crippen LogP contribution in [-0.2, 0) is 9.53 Å². The number of nitrogens with zero attached hydrogens (tertiary/aromatic N) is 3. The SMILES string of the molecule is COc1ccc2cc(C(C)C(=O)OCCN3CCN(C(=O)c4cccnc4)CC3)ccc2c1. The van der Waals surface area contributed by atoms with E-state index in [0.717, 1.165) is 35.2 Å². The van der Waals surface area contributed by atoms with Gasteiger partial charge in [0.1, 0.15) is 12.4 Å². The molecular formula is C26H29N3O4. The summed E-state index contributed by atoms with van der Waals surface area (Å²) >= 11 is 0. The maximum atomic E-state index is 12.6. The molecule has 172 valence electrons. The summed E-state index contributed by atoms with van der Waals surface area (Å²) < 4.78 is 10.8. The van der Waals surface area contributed by atoms with Crippen LogP contribution in [-0.4, -0.2) is 73.1 Å². The second kappa shape index (κ2) is 10.4. The molecule has 33 heavy (non-hydrogen) atoms. The van der Waals surface area contributed by atoms with Crippen LogP contribution in [0.15, 0.2) is 60.9 Å². The van der Waals surface area contributed by atoms with Crippen molar-refractivity contribution in [1.82, 2.24) is 14.8 Å². The zero-order chi connectivity index (χ0) is 23.2. The molecule has 0 saturated carbocycles. The van der Waals surface area contributed by atoms with E-state index >= 15 is 0 Å². The first-order chi connectivity index (χ1) is 16.0. The van der Waals surface area contributed by atoms with Gasteiger partial charge in [0.25, 0.3) is 5.91 Å². The quantitative estimate of drug-likeness (QED) is 0.518. The van der Waals surface area contributed by atoms with Crippen LogP contribution in [0.25, 0.3) is 10.8 Å². The molecule has 1 aliphatic heterocycles. The number of amides is 1. The molecule has 1 unspecified atom stereocenters. The fraction of sp³-hybridized carbons (Fsp3) is 0.346. The monoisotopic (exact) mass is 447 g/mol. The first-order valence-electron chi connectivity index (χ1n) is 11.2. The van der Waals surface area contributed by atoms with Crippen molar-refractivity contribution < 1.29 is 19.1 Å². The molecule has 0 aliphatic carbocycles. The van der Waals surface area contributed by atoms with E-state index in [4.69, 9.17) is 9.47 Å². The second-order valence-electron chi connectivity index (χ2n) is 8.24. The lowest BCUT2D eigenvalue weighted by molar-refractivity contribution is -0.145. The lowest BCUT2D eigenvalue weighted by Crippen LogP contribution is -2.49. The lowest BCUT2D eigenvalue weighted by Gasteiger charge is -2.34. The number of hydrogen-bond donors (Lipinski definition) is 0. The van der Waals surface area contributed by atoms with Crippen molar-refractivity contribution in [3.05, 3.63) is 72.1 Å². The van der Waals surface area contributed by atoms with Crippen molar-refractivity contribution in [3.8, 4) is 5.75 Å². The molecule has 1 aliphatic rings. The van der Waals surface area contributed by atoms with Crippen LogP contribution in [0.2, 0.25) is 0 Å². The van der Waals surface area contributed by atoms with Gasteiger partial charge in [-0.1, -0.05) is 24.3 Å². The second-order valence-corrected chi connectivity index (χ2v) is 8.24. The van der Waals surface area contributed by atoms with E-state index in [9.17, 15) is 9.59 Å². The number of carbonyl (C=O) groups is 2. The zero-order valence-electron chi connectivity index (χ0n) is 19.1. The molecule has 1 atom stereocenters. The highest BCUT2D eigenvalue weighted by Gasteiger charge is 2.23. The number of rotatable bonds is 7. The van der Waals surface area contributed by atoms with E-state index < -0.39 is 0 Å². The van der Waals surface area contributed by atoms with E-state index in [1.54, 1.807) is 31.6 Å². The van der Waals surface area contributed by atoms with Gasteiger partial charge in [0, 0.05) is 45.1 Å². The summed E-state index contributed by atoms with van der Waals surface area (Å²) in [5.74, 6) is 0.250. The predicted molar refractivity (Wildman–Crippen MR) is 126 cm³/mol. The van der Waals surface area contributed by atoms with Crippen molar-refractivity contribution in [2.24, 2.45) is 0 Å². The molecule has 1 fully saturated rings. The number of fused-ring (bicyclic) bond motifs is 1. The van der Waals surface area contributed by atoms with E-state index in [1.807, 2.05) is 48.2 Å². The molecule has 1 saturated heterocycles. The van der Waals surface area contributed by atoms with Gasteiger partial charge in [0.05, 0.1) is 18.6 Å². The molecule has 1 amide bonds. The number of benzene rings is 2. The van der Waals surface area contributed by atoms with Crippen molar-refractivity contribution >= 4 is 22.6 Å². The number of pyridine rings is 1. The Morgan fingerprint density at radius 1 is 1.03 bits per heavy atom. The molecule has 4 rings (SSSR count). The van der Waals surface area contributed by atoms with Crippen LogP contribution in [0.3, 0.4) is 0 Å². The number of carbonyl (C=O) groups excluding carboxylic acids is 2. The van der Waals surface area contributed by atoms with Crippen molar-refractivity contribution in [3.63, 3.8) is 0 Å². The Morgan fingerprint density at radius 3 is 2.52 bits per heavy atom. The Kier molecular flexibility index (Phi) is 7.19. The van der Waals surface area contributed by atoms with Crippen LogP contribution in [0.1, 0.15) is 28.8 Å². The van der Waals surface area contributed by atoms with E-state index in [-0.39, 0.29) is 17.8 Å². The fourth-order valence-electron chi connectivity index (χ4n) is 4.02. The summed E-state index contributed by atoms with van der Waals surface area (Å²) in [6.07, 6.45) is 3.26. The van der Waals surface area contributed by atoms with Gasteiger partial charge in [0.2, 0.25) is 0 Å². The van der Waals surface area contributed by atoms with Gasteiger partial charge < -0.3 is 14.4 Å². The highest BCUT2D eigenvalue weighted by atomic mass is 16.5. The summed E-state index contributed by atoms with van der Waals surface area (Å²) in [5.41, 5.74) is 1.54. The van der Waals surface area contributed by atoms with E-state index in [2.05, 4.69) is 9.88 Å². The van der Waals surface area contributed by atoms with Gasteiger partial charge >= 0.3 is 5.97 Å². The minimum atomic E-state index is -0.342. The molecule has 0 bridgehead atoms. The Hall–Kier alpha value is -3.45. The van der Waals surface area contributed by atoms with Crippen LogP contribution >= 0.6 is 0 Å². The normalized spacial score (nSPS) is 15.3. The molecule has 0 spiro atoms. The highest BCUT2D eigenvalue weighted by molar-refractivity contribution is 5.94. The number of ether oxygens (including phenoxy) is 2. The van der Waals surface area contributed by atoms with E-state index in [0.29, 0.717) is 31.8 Å². The van der Waals surface area contributed by atoms with Crippen LogP contribution in [0, 0.1) is 0 Å². The minimum Gasteiger partial charge on any atom is -0.497 e. The third-order valence-electron chi connectivity index (χ3n) is 6.14. The Balaban J connectivity index is 1.23. The van der Waals surface area contributed by atoms with Crippen molar-refractivity contribution in [1.29, 1.82) is 0 Å². The summed E-state index contributed by atoms with van der Waals surface area (Å²) in [4.78, 5) is 33.2. The zero-order valence-corrected chi connectivity index (χ0v) is 19.1. The first-order valence-corrected chi connectivity index (χ1v) is 11.2. The highest BCUT2D eigenvalue weighted by Crippen LogP contribution is 2.25. The molecule has 1 aromatic heterocycles. The van der Waals surface area contributed by atoms with Gasteiger partial charge in [-0.05, 0) is 47.5 Å². The Morgan fingerprint density at radius 2 is 1.79 bits per heavy atom. The Bertz CT molecular complexity index is 1110. The van der Waals surface area contributed by atoms with Gasteiger partial charge in [-0.15, -0.1) is 0 Å². The topological polar surface area (TPSA) is 72.0 Å². The molecule has 7 heteroatoms. The number of piperazine rings is 1. The van der Waals surface area contributed by atoms with Gasteiger partial charge in [-0.3, -0.25) is 19.5 Å². The molecule has 2 heterocycles. The molecule has 0 N–H and O–H groups in total. The summed E-state index contributed by atoms with van der Waals surface area (Å²) in [7, 11) is 1.65. The number of esters is 1. The summed E-state index contributed by atoms with van der Waals surface area (Å²) in [6.45, 7) is 5.69. The third-order valence-corrected chi connectivity index (χ3v) is 6.14. The maximum absolute atomic E-state index is 12.6. The van der Waals surface area contributed by atoms with Gasteiger partial charge in [0.15, 0.2) is 0 Å². The molecule has 2 aromatic carbocycles. The average Bonchev–Trinajstić information content (AvgIpc) is 2.88. The van der Waals surface area contributed by atoms with Crippen molar-refractivity contribution in [2.75, 3.05) is 46.4 Å². The lowest BCUT2D eigenvalue weighted by atomic mass is 9.98.